The lowest BCUT2D eigenvalue weighted by molar-refractivity contribution is -0.141. The van der Waals surface area contributed by atoms with Crippen LogP contribution in [0.4, 0.5) is 0 Å². The Kier molecular flexibility index (Phi) is 5.52. The Morgan fingerprint density at radius 2 is 1.83 bits per heavy atom. The van der Waals surface area contributed by atoms with Gasteiger partial charge in [0.2, 0.25) is 5.78 Å². The van der Waals surface area contributed by atoms with E-state index >= 15 is 0 Å². The highest BCUT2D eigenvalue weighted by Crippen LogP contribution is 2.23. The summed E-state index contributed by atoms with van der Waals surface area (Å²) in [6.45, 7) is 5.17. The first-order valence-electron chi connectivity index (χ1n) is 7.61. The van der Waals surface area contributed by atoms with Gasteiger partial charge in [-0.05, 0) is 26.8 Å². The number of ketones is 1. The Bertz CT molecular complexity index is 803. The summed E-state index contributed by atoms with van der Waals surface area (Å²) in [6.07, 6.45) is 0.950. The standard InChI is InChI=1S/C18H19NO5/c1-4-23-15(20)9-10-16(21)24-12(3)18(22)17-11(2)19-14-8-6-5-7-13(14)17/h5-10,12,19H,4H2,1-3H3/b10-9+/t12-/m0/s1. The van der Waals surface area contributed by atoms with Gasteiger partial charge in [-0.25, -0.2) is 9.59 Å². The van der Waals surface area contributed by atoms with E-state index in [1.807, 2.05) is 24.3 Å². The third kappa shape index (κ3) is 3.90. The molecule has 2 rings (SSSR count). The van der Waals surface area contributed by atoms with Gasteiger partial charge in [0, 0.05) is 34.3 Å². The molecule has 0 amide bonds. The number of fused-ring (bicyclic) bond motifs is 1. The summed E-state index contributed by atoms with van der Waals surface area (Å²) in [4.78, 5) is 38.6. The smallest absolute Gasteiger partial charge is 0.331 e. The molecule has 1 heterocycles. The summed E-state index contributed by atoms with van der Waals surface area (Å²) >= 11 is 0. The fraction of sp³-hybridized carbons (Fsp3) is 0.278. The number of aromatic amines is 1. The monoisotopic (exact) mass is 329 g/mol. The van der Waals surface area contributed by atoms with Crippen molar-refractivity contribution < 1.29 is 23.9 Å². The number of hydrogen-bond acceptors (Lipinski definition) is 5. The normalized spacial score (nSPS) is 12.3. The molecule has 0 spiro atoms. The zero-order chi connectivity index (χ0) is 17.7. The van der Waals surface area contributed by atoms with Crippen LogP contribution in [0, 0.1) is 6.92 Å². The number of nitrogens with one attached hydrogen (secondary N) is 1. The summed E-state index contributed by atoms with van der Waals surface area (Å²) in [6, 6.07) is 7.42. The number of aryl methyl sites for hydroxylation is 1. The summed E-state index contributed by atoms with van der Waals surface area (Å²) in [7, 11) is 0. The van der Waals surface area contributed by atoms with E-state index in [1.165, 1.54) is 6.92 Å². The largest absolute Gasteiger partial charge is 0.463 e. The zero-order valence-electron chi connectivity index (χ0n) is 13.8. The van der Waals surface area contributed by atoms with E-state index in [1.54, 1.807) is 13.8 Å². The lowest BCUT2D eigenvalue weighted by Crippen LogP contribution is -2.24. The van der Waals surface area contributed by atoms with Crippen LogP contribution in [0.3, 0.4) is 0 Å². The van der Waals surface area contributed by atoms with Crippen molar-refractivity contribution in [3.63, 3.8) is 0 Å². The van der Waals surface area contributed by atoms with E-state index in [9.17, 15) is 14.4 Å². The Labute approximate surface area is 139 Å². The van der Waals surface area contributed by atoms with Crippen molar-refractivity contribution >= 4 is 28.6 Å². The minimum atomic E-state index is -0.970. The maximum Gasteiger partial charge on any atom is 0.331 e. The van der Waals surface area contributed by atoms with Crippen molar-refractivity contribution in [2.45, 2.75) is 26.9 Å². The number of rotatable bonds is 6. The first-order chi connectivity index (χ1) is 11.4. The molecule has 0 aliphatic rings. The van der Waals surface area contributed by atoms with Gasteiger partial charge in [-0.2, -0.15) is 0 Å². The lowest BCUT2D eigenvalue weighted by Gasteiger charge is -2.11. The van der Waals surface area contributed by atoms with E-state index in [2.05, 4.69) is 9.72 Å². The summed E-state index contributed by atoms with van der Waals surface area (Å²) in [5.41, 5.74) is 2.06. The van der Waals surface area contributed by atoms with E-state index in [0.717, 1.165) is 23.1 Å². The van der Waals surface area contributed by atoms with Crippen LogP contribution < -0.4 is 0 Å². The molecule has 0 saturated carbocycles. The van der Waals surface area contributed by atoms with Gasteiger partial charge in [0.25, 0.3) is 0 Å². The quantitative estimate of drug-likeness (QED) is 0.500. The van der Waals surface area contributed by atoms with E-state index in [4.69, 9.17) is 4.74 Å². The first-order valence-corrected chi connectivity index (χ1v) is 7.61. The highest BCUT2D eigenvalue weighted by Gasteiger charge is 2.23. The van der Waals surface area contributed by atoms with Crippen LogP contribution in [0.25, 0.3) is 10.9 Å². The number of H-pyrrole nitrogens is 1. The van der Waals surface area contributed by atoms with Crippen molar-refractivity contribution in [1.82, 2.24) is 4.98 Å². The number of Topliss-reactive ketones (excluding diaryl/α,β-unsaturated/α-hetero) is 1. The van der Waals surface area contributed by atoms with Crippen molar-refractivity contribution in [2.75, 3.05) is 6.61 Å². The zero-order valence-corrected chi connectivity index (χ0v) is 13.8. The molecule has 0 unspecified atom stereocenters. The van der Waals surface area contributed by atoms with Gasteiger partial charge in [0.05, 0.1) is 6.61 Å². The van der Waals surface area contributed by atoms with Crippen LogP contribution >= 0.6 is 0 Å². The van der Waals surface area contributed by atoms with Crippen LogP contribution in [-0.4, -0.2) is 35.4 Å². The van der Waals surface area contributed by atoms with Crippen LogP contribution in [0.2, 0.25) is 0 Å². The Morgan fingerprint density at radius 3 is 2.54 bits per heavy atom. The fourth-order valence-corrected chi connectivity index (χ4v) is 2.39. The number of carbonyl (C=O) groups is 3. The summed E-state index contributed by atoms with van der Waals surface area (Å²) in [5.74, 6) is -1.72. The van der Waals surface area contributed by atoms with Crippen LogP contribution in [0.15, 0.2) is 36.4 Å². The Balaban J connectivity index is 2.10. The molecule has 1 atom stereocenters. The van der Waals surface area contributed by atoms with Crippen LogP contribution in [0.1, 0.15) is 29.9 Å². The second-order valence-corrected chi connectivity index (χ2v) is 5.20. The predicted molar refractivity (Wildman–Crippen MR) is 88.7 cm³/mol. The molecule has 0 aliphatic carbocycles. The van der Waals surface area contributed by atoms with Crippen LogP contribution in [0.5, 0.6) is 0 Å². The Hall–Kier alpha value is -2.89. The average molecular weight is 329 g/mol. The third-order valence-corrected chi connectivity index (χ3v) is 3.44. The molecule has 6 nitrogen and oxygen atoms in total. The second-order valence-electron chi connectivity index (χ2n) is 5.20. The maximum atomic E-state index is 12.6. The maximum absolute atomic E-state index is 12.6. The number of benzene rings is 1. The van der Waals surface area contributed by atoms with Crippen molar-refractivity contribution in [3.05, 3.63) is 47.7 Å². The molecule has 0 saturated heterocycles. The summed E-state index contributed by atoms with van der Waals surface area (Å²) < 4.78 is 9.73. The number of carbonyl (C=O) groups excluding carboxylic acids is 3. The first kappa shape index (κ1) is 17.5. The number of esters is 2. The fourth-order valence-electron chi connectivity index (χ4n) is 2.39. The van der Waals surface area contributed by atoms with Gasteiger partial charge in [0.15, 0.2) is 6.10 Å². The van der Waals surface area contributed by atoms with Gasteiger partial charge in [-0.3, -0.25) is 4.79 Å². The molecule has 0 radical (unpaired) electrons. The number of para-hydroxylation sites is 1. The number of hydrogen-bond donors (Lipinski definition) is 1. The minimum absolute atomic E-state index is 0.215. The third-order valence-electron chi connectivity index (χ3n) is 3.44. The molecule has 0 bridgehead atoms. The van der Waals surface area contributed by atoms with Gasteiger partial charge >= 0.3 is 11.9 Å². The van der Waals surface area contributed by atoms with Crippen molar-refractivity contribution in [2.24, 2.45) is 0 Å². The molecule has 1 aromatic heterocycles. The lowest BCUT2D eigenvalue weighted by atomic mass is 10.0. The van der Waals surface area contributed by atoms with Gasteiger partial charge in [-0.1, -0.05) is 18.2 Å². The molecule has 1 aromatic carbocycles. The minimum Gasteiger partial charge on any atom is -0.463 e. The number of ether oxygens (including phenoxy) is 2. The SMILES string of the molecule is CCOC(=O)/C=C/C(=O)O[C@@H](C)C(=O)c1c(C)[nH]c2ccccc12. The molecule has 6 heteroatoms. The Morgan fingerprint density at radius 1 is 1.17 bits per heavy atom. The molecule has 0 fully saturated rings. The van der Waals surface area contributed by atoms with Gasteiger partial charge in [0.1, 0.15) is 0 Å². The molecule has 126 valence electrons. The molecule has 1 N–H and O–H groups in total. The van der Waals surface area contributed by atoms with Gasteiger partial charge in [-0.15, -0.1) is 0 Å². The second kappa shape index (κ2) is 7.59. The van der Waals surface area contributed by atoms with Gasteiger partial charge < -0.3 is 14.5 Å². The molecule has 2 aromatic rings. The molecular formula is C18H19NO5. The molecule has 0 aliphatic heterocycles. The summed E-state index contributed by atoms with van der Waals surface area (Å²) in [5, 5.41) is 0.782. The van der Waals surface area contributed by atoms with E-state index < -0.39 is 18.0 Å². The number of aromatic nitrogens is 1. The van der Waals surface area contributed by atoms with Crippen molar-refractivity contribution in [3.8, 4) is 0 Å². The van der Waals surface area contributed by atoms with E-state index in [0.29, 0.717) is 11.3 Å². The topological polar surface area (TPSA) is 85.5 Å². The van der Waals surface area contributed by atoms with E-state index in [-0.39, 0.29) is 12.4 Å². The van der Waals surface area contributed by atoms with Crippen LogP contribution in [-0.2, 0) is 19.1 Å². The van der Waals surface area contributed by atoms with Crippen molar-refractivity contribution in [1.29, 1.82) is 0 Å². The highest BCUT2D eigenvalue weighted by molar-refractivity contribution is 6.11. The predicted octanol–water partition coefficient (Wildman–Crippen LogP) is 2.71. The average Bonchev–Trinajstić information content (AvgIpc) is 2.88. The molecule has 24 heavy (non-hydrogen) atoms. The molecular weight excluding hydrogens is 310 g/mol. The highest BCUT2D eigenvalue weighted by atomic mass is 16.5.